The Morgan fingerprint density at radius 3 is 1.31 bits per heavy atom. The molecule has 14 nitrogen and oxygen atoms in total. The third-order valence-electron chi connectivity index (χ3n) is 20.8. The number of ether oxygens (including phenoxy) is 2. The molecule has 16 heteroatoms. The van der Waals surface area contributed by atoms with Gasteiger partial charge in [-0.25, -0.2) is 28.0 Å². The Kier molecular flexibility index (Phi) is 22.8. The van der Waals surface area contributed by atoms with Gasteiger partial charge in [-0.15, -0.1) is 0 Å². The standard InChI is InChI=1S/C19H28N2O.C18H26N2O2.C17H23FN2O2.C17H23FN2O/c1-3-14-5-6-15-7-8-17(18(15)13-14)16-9-11-21(12-10-16)19(22)20-4-2;1-19(2)18(21)20-10-8-14(9-11-20)16-7-5-13-4-6-15(22-3)12-17(13)16;1-19-17(21)20-7-5-11(6-8-20)13-4-3-12-9-15(18)16(22-2)10-14(12)13;1-2-19-17(21)20-9-7-13(8-10-20)15-6-4-12-3-5-14(18)11-16(12)15/h5-6,13,16-17H,3-4,7-12H2,1-2H3,(H,20,22);4,6,12,14,16H,5,7-11H2,1-3H3;9-11,13H,3-8H2,1-2H3,(H,19,21);3,5,11,13,15H,2,4,6-10H2,1H3,(H,19,21). The van der Waals surface area contributed by atoms with Crippen molar-refractivity contribution in [3.8, 4) is 11.5 Å². The molecule has 474 valence electrons. The zero-order valence-electron chi connectivity index (χ0n) is 53.5. The minimum atomic E-state index is -0.267. The van der Waals surface area contributed by atoms with Crippen LogP contribution in [0.15, 0.2) is 66.7 Å². The minimum Gasteiger partial charge on any atom is -0.497 e. The highest BCUT2D eigenvalue weighted by atomic mass is 19.1. The first-order valence-corrected chi connectivity index (χ1v) is 33.1. The van der Waals surface area contributed by atoms with Crippen molar-refractivity contribution < 1.29 is 37.4 Å². The third kappa shape index (κ3) is 15.6. The van der Waals surface area contributed by atoms with E-state index in [9.17, 15) is 28.0 Å². The Balaban J connectivity index is 0.000000138. The molecule has 12 rings (SSSR count). The van der Waals surface area contributed by atoms with Crippen molar-refractivity contribution >= 4 is 24.1 Å². The first-order valence-electron chi connectivity index (χ1n) is 33.1. The molecule has 4 saturated heterocycles. The lowest BCUT2D eigenvalue weighted by Gasteiger charge is -2.36. The number of carbonyl (C=O) groups excluding carboxylic acids is 4. The van der Waals surface area contributed by atoms with Gasteiger partial charge in [0.2, 0.25) is 0 Å². The molecule has 4 fully saturated rings. The molecule has 0 spiro atoms. The molecule has 4 aliphatic heterocycles. The third-order valence-corrected chi connectivity index (χ3v) is 20.8. The Morgan fingerprint density at radius 1 is 0.483 bits per heavy atom. The summed E-state index contributed by atoms with van der Waals surface area (Å²) in [6, 6.07) is 22.7. The van der Waals surface area contributed by atoms with Crippen LogP contribution in [0, 0.1) is 35.3 Å². The highest BCUT2D eigenvalue weighted by Crippen LogP contribution is 2.47. The number of halogens is 2. The fourth-order valence-corrected chi connectivity index (χ4v) is 16.0. The molecule has 4 heterocycles. The number of hydrogen-bond donors (Lipinski definition) is 3. The second-order valence-electron chi connectivity index (χ2n) is 25.8. The number of aryl methyl sites for hydroxylation is 5. The van der Waals surface area contributed by atoms with Gasteiger partial charge in [-0.1, -0.05) is 37.3 Å². The predicted molar refractivity (Wildman–Crippen MR) is 341 cm³/mol. The maximum absolute atomic E-state index is 13.8. The second kappa shape index (κ2) is 30.6. The molecule has 0 bridgehead atoms. The van der Waals surface area contributed by atoms with Gasteiger partial charge in [-0.3, -0.25) is 0 Å². The molecular formula is C71H100F2N8O6. The zero-order valence-corrected chi connectivity index (χ0v) is 53.5. The van der Waals surface area contributed by atoms with Gasteiger partial charge < -0.3 is 49.9 Å². The van der Waals surface area contributed by atoms with E-state index in [1.165, 1.54) is 66.2 Å². The van der Waals surface area contributed by atoms with Crippen molar-refractivity contribution in [1.29, 1.82) is 0 Å². The monoisotopic (exact) mass is 1200 g/mol. The summed E-state index contributed by atoms with van der Waals surface area (Å²) < 4.78 is 37.8. The molecule has 0 radical (unpaired) electrons. The largest absolute Gasteiger partial charge is 0.497 e. The first kappa shape index (κ1) is 64.9. The molecule has 4 aromatic rings. The number of rotatable bonds is 9. The van der Waals surface area contributed by atoms with Crippen molar-refractivity contribution in [2.45, 2.75) is 154 Å². The van der Waals surface area contributed by atoms with Gasteiger partial charge in [0, 0.05) is 86.6 Å². The lowest BCUT2D eigenvalue weighted by atomic mass is 9.80. The van der Waals surface area contributed by atoms with Gasteiger partial charge in [0.1, 0.15) is 11.6 Å². The molecule has 4 unspecified atom stereocenters. The smallest absolute Gasteiger partial charge is 0.319 e. The summed E-state index contributed by atoms with van der Waals surface area (Å²) in [5.41, 5.74) is 12.5. The number of benzene rings is 4. The van der Waals surface area contributed by atoms with Crippen molar-refractivity contribution in [3.05, 3.63) is 128 Å². The van der Waals surface area contributed by atoms with Crippen molar-refractivity contribution in [1.82, 2.24) is 40.4 Å². The number of carbonyl (C=O) groups is 4. The van der Waals surface area contributed by atoms with E-state index in [-0.39, 0.29) is 35.8 Å². The zero-order chi connectivity index (χ0) is 61.7. The van der Waals surface area contributed by atoms with E-state index in [4.69, 9.17) is 9.47 Å². The van der Waals surface area contributed by atoms with Crippen molar-refractivity contribution in [2.24, 2.45) is 23.7 Å². The van der Waals surface area contributed by atoms with Gasteiger partial charge in [0.15, 0.2) is 11.6 Å². The summed E-state index contributed by atoms with van der Waals surface area (Å²) in [4.78, 5) is 56.9. The van der Waals surface area contributed by atoms with Crippen molar-refractivity contribution in [2.75, 3.05) is 101 Å². The van der Waals surface area contributed by atoms with E-state index in [0.29, 0.717) is 54.3 Å². The molecule has 0 saturated carbocycles. The van der Waals surface area contributed by atoms with Crippen LogP contribution in [0.25, 0.3) is 0 Å². The van der Waals surface area contributed by atoms with Crippen LogP contribution in [0.3, 0.4) is 0 Å². The Labute approximate surface area is 517 Å². The van der Waals surface area contributed by atoms with E-state index in [1.54, 1.807) is 48.4 Å². The SMILES string of the molecule is CCNC(=O)N1CCC(C2CCc3ccc(CC)cc32)CC1.CCNC(=O)N1CCC(C2CCc3ccc(F)cc32)CC1.CNC(=O)N1CCC(C2CCc3cc(F)c(OC)cc32)CC1.COc1ccc2c(c1)C(C1CCN(C(=O)N(C)C)CC1)CC2. The summed E-state index contributed by atoms with van der Waals surface area (Å²) in [7, 11) is 8.57. The van der Waals surface area contributed by atoms with Crippen LogP contribution < -0.4 is 25.4 Å². The fraction of sp³-hybridized carbons (Fsp3) is 0.606. The van der Waals surface area contributed by atoms with E-state index >= 15 is 0 Å². The number of nitrogens with one attached hydrogen (secondary N) is 3. The quantitative estimate of drug-likeness (QED) is 0.153. The molecule has 4 atom stereocenters. The predicted octanol–water partition coefficient (Wildman–Crippen LogP) is 13.1. The summed E-state index contributed by atoms with van der Waals surface area (Å²) in [5, 5.41) is 8.46. The van der Waals surface area contributed by atoms with Crippen LogP contribution in [0.5, 0.6) is 11.5 Å². The summed E-state index contributed by atoms with van der Waals surface area (Å²) in [6.07, 6.45) is 18.9. The van der Waals surface area contributed by atoms with Crippen LogP contribution in [0.4, 0.5) is 28.0 Å². The second-order valence-corrected chi connectivity index (χ2v) is 25.8. The maximum atomic E-state index is 13.8. The number of nitrogens with zero attached hydrogens (tertiary/aromatic N) is 5. The summed E-state index contributed by atoms with van der Waals surface area (Å²) in [6.45, 7) is 14.4. The fourth-order valence-electron chi connectivity index (χ4n) is 16.0. The van der Waals surface area contributed by atoms with Gasteiger partial charge in [-0.2, -0.15) is 0 Å². The number of amides is 8. The first-order chi connectivity index (χ1) is 42.1. The van der Waals surface area contributed by atoms with Crippen LogP contribution in [-0.2, 0) is 32.1 Å². The van der Waals surface area contributed by atoms with Gasteiger partial charge in [-0.05, 0) is 257 Å². The number of piperidine rings is 4. The highest BCUT2D eigenvalue weighted by Gasteiger charge is 2.38. The van der Waals surface area contributed by atoms with E-state index in [1.807, 2.05) is 59.7 Å². The lowest BCUT2D eigenvalue weighted by molar-refractivity contribution is 0.141. The normalized spacial score (nSPS) is 21.8. The average Bonchev–Trinajstić information content (AvgIpc) is 2.64. The molecule has 4 aromatic carbocycles. The number of fused-ring (bicyclic) bond motifs is 4. The van der Waals surface area contributed by atoms with Gasteiger partial charge >= 0.3 is 24.1 Å². The van der Waals surface area contributed by atoms with E-state index in [0.717, 1.165) is 159 Å². The Morgan fingerprint density at radius 2 is 0.885 bits per heavy atom. The topological polar surface area (TPSA) is 139 Å². The Bertz CT molecular complexity index is 2960. The molecule has 87 heavy (non-hydrogen) atoms. The Hall–Kier alpha value is -6.58. The number of methoxy groups -OCH3 is 2. The molecule has 4 aliphatic carbocycles. The number of urea groups is 4. The number of hydrogen-bond acceptors (Lipinski definition) is 6. The minimum absolute atomic E-state index is 0.00834. The summed E-state index contributed by atoms with van der Waals surface area (Å²) in [5.74, 6) is 5.81. The lowest BCUT2D eigenvalue weighted by Crippen LogP contribution is -2.45. The molecule has 3 N–H and O–H groups in total. The number of likely N-dealkylation sites (tertiary alicyclic amines) is 4. The molecule has 0 aromatic heterocycles. The van der Waals surface area contributed by atoms with Crippen LogP contribution in [0.2, 0.25) is 0 Å². The van der Waals surface area contributed by atoms with Crippen LogP contribution >= 0.6 is 0 Å². The van der Waals surface area contributed by atoms with Crippen LogP contribution in [0.1, 0.15) is 172 Å². The highest BCUT2D eigenvalue weighted by molar-refractivity contribution is 5.75. The maximum Gasteiger partial charge on any atom is 0.319 e. The van der Waals surface area contributed by atoms with Gasteiger partial charge in [0.05, 0.1) is 14.2 Å². The van der Waals surface area contributed by atoms with Crippen LogP contribution in [-0.4, -0.2) is 149 Å². The molecule has 8 amide bonds. The summed E-state index contributed by atoms with van der Waals surface area (Å²) >= 11 is 0. The van der Waals surface area contributed by atoms with Gasteiger partial charge in [0.25, 0.3) is 0 Å². The molecular weight excluding hydrogens is 1100 g/mol. The van der Waals surface area contributed by atoms with Crippen molar-refractivity contribution in [3.63, 3.8) is 0 Å². The average molecular weight is 1200 g/mol. The van der Waals surface area contributed by atoms with E-state index in [2.05, 4.69) is 59.3 Å². The molecule has 8 aliphatic rings. The van der Waals surface area contributed by atoms with E-state index < -0.39 is 0 Å².